The molecule has 1 N–H and O–H groups in total. The number of rotatable bonds is 1. The number of hydrogen-bond acceptors (Lipinski definition) is 3. The molecular formula is C15H19ClN4O. The van der Waals surface area contributed by atoms with Crippen LogP contribution < -0.4 is 0 Å². The topological polar surface area (TPSA) is 52.2 Å². The van der Waals surface area contributed by atoms with Crippen molar-refractivity contribution in [2.75, 3.05) is 26.2 Å². The van der Waals surface area contributed by atoms with Crippen LogP contribution in [0.1, 0.15) is 23.3 Å². The molecule has 1 aromatic carbocycles. The second kappa shape index (κ2) is 5.66. The molecule has 0 spiro atoms. The van der Waals surface area contributed by atoms with Crippen molar-refractivity contribution < 1.29 is 4.79 Å². The molecule has 5 nitrogen and oxygen atoms in total. The van der Waals surface area contributed by atoms with Crippen molar-refractivity contribution >= 4 is 29.2 Å². The minimum Gasteiger partial charge on any atom is -0.333 e. The van der Waals surface area contributed by atoms with Crippen LogP contribution in [0.4, 0.5) is 0 Å². The number of piperidine rings is 1. The van der Waals surface area contributed by atoms with Gasteiger partial charge in [-0.25, -0.2) is 0 Å². The van der Waals surface area contributed by atoms with Gasteiger partial charge in [0.05, 0.1) is 5.52 Å². The van der Waals surface area contributed by atoms with Crippen LogP contribution in [0.5, 0.6) is 0 Å². The van der Waals surface area contributed by atoms with Gasteiger partial charge in [-0.1, -0.05) is 18.2 Å². The van der Waals surface area contributed by atoms with Crippen molar-refractivity contribution in [1.82, 2.24) is 20.0 Å². The number of H-pyrrole nitrogens is 1. The maximum Gasteiger partial charge on any atom is 0.275 e. The van der Waals surface area contributed by atoms with E-state index in [-0.39, 0.29) is 18.3 Å². The summed E-state index contributed by atoms with van der Waals surface area (Å²) in [7, 11) is 0. The Bertz CT molecular complexity index is 648. The predicted molar refractivity (Wildman–Crippen MR) is 83.8 cm³/mol. The Morgan fingerprint density at radius 3 is 2.71 bits per heavy atom. The second-order valence-electron chi connectivity index (χ2n) is 5.69. The molecule has 3 saturated heterocycles. The standard InChI is InChI=1S/C15H18N4O.ClH/c20-15(14-12-3-1-2-4-13(12)16-17-14)19-10-9-18-7-5-11(19)6-8-18;/h1-4,11H,5-10H2,(H,16,17);1H. The summed E-state index contributed by atoms with van der Waals surface area (Å²) in [6.07, 6.45) is 2.18. The average Bonchev–Trinajstić information content (AvgIpc) is 2.69. The number of aromatic nitrogens is 2. The highest BCUT2D eigenvalue weighted by atomic mass is 35.5. The first-order valence-electron chi connectivity index (χ1n) is 7.29. The van der Waals surface area contributed by atoms with Crippen molar-refractivity contribution in [3.05, 3.63) is 30.0 Å². The smallest absolute Gasteiger partial charge is 0.275 e. The third-order valence-corrected chi connectivity index (χ3v) is 4.59. The number of halogens is 1. The number of fused-ring (bicyclic) bond motifs is 5. The summed E-state index contributed by atoms with van der Waals surface area (Å²) in [5, 5.41) is 8.14. The van der Waals surface area contributed by atoms with Gasteiger partial charge >= 0.3 is 0 Å². The predicted octanol–water partition coefficient (Wildman–Crippen LogP) is 1.90. The van der Waals surface area contributed by atoms with E-state index in [1.807, 2.05) is 29.2 Å². The Kier molecular flexibility index (Phi) is 3.87. The van der Waals surface area contributed by atoms with Crippen molar-refractivity contribution in [3.63, 3.8) is 0 Å². The van der Waals surface area contributed by atoms with Gasteiger partial charge in [-0.2, -0.15) is 5.10 Å². The molecule has 112 valence electrons. The number of aromatic amines is 1. The highest BCUT2D eigenvalue weighted by Gasteiger charge is 2.33. The number of nitrogens with zero attached hydrogens (tertiary/aromatic N) is 3. The number of amides is 1. The lowest BCUT2D eigenvalue weighted by molar-refractivity contribution is 0.0681. The number of benzene rings is 1. The molecule has 1 aromatic heterocycles. The van der Waals surface area contributed by atoms with E-state index in [9.17, 15) is 4.79 Å². The summed E-state index contributed by atoms with van der Waals surface area (Å²) in [6, 6.07) is 8.21. The van der Waals surface area contributed by atoms with Crippen LogP contribution in [-0.2, 0) is 0 Å². The van der Waals surface area contributed by atoms with Crippen LogP contribution in [0.3, 0.4) is 0 Å². The fourth-order valence-electron chi connectivity index (χ4n) is 3.42. The Hall–Kier alpha value is -1.59. The Morgan fingerprint density at radius 1 is 1.14 bits per heavy atom. The molecule has 0 atom stereocenters. The minimum atomic E-state index is 0. The van der Waals surface area contributed by atoms with Crippen molar-refractivity contribution in [1.29, 1.82) is 0 Å². The number of carbonyl (C=O) groups excluding carboxylic acids is 1. The van der Waals surface area contributed by atoms with Crippen LogP contribution in [0.15, 0.2) is 24.3 Å². The van der Waals surface area contributed by atoms with Crippen molar-refractivity contribution in [3.8, 4) is 0 Å². The summed E-state index contributed by atoms with van der Waals surface area (Å²) >= 11 is 0. The van der Waals surface area contributed by atoms with Gasteiger partial charge in [0, 0.05) is 37.6 Å². The molecule has 0 aliphatic carbocycles. The van der Waals surface area contributed by atoms with Crippen LogP contribution in [0, 0.1) is 0 Å². The fraction of sp³-hybridized carbons (Fsp3) is 0.467. The first-order chi connectivity index (χ1) is 9.83. The van der Waals surface area contributed by atoms with Gasteiger partial charge in [0.15, 0.2) is 5.69 Å². The van der Waals surface area contributed by atoms with Crippen LogP contribution in [0.2, 0.25) is 0 Å². The quantitative estimate of drug-likeness (QED) is 0.875. The second-order valence-corrected chi connectivity index (χ2v) is 5.69. The highest BCUT2D eigenvalue weighted by Crippen LogP contribution is 2.24. The lowest BCUT2D eigenvalue weighted by Crippen LogP contribution is -2.41. The fourth-order valence-corrected chi connectivity index (χ4v) is 3.42. The van der Waals surface area contributed by atoms with E-state index in [1.165, 1.54) is 0 Å². The van der Waals surface area contributed by atoms with Gasteiger partial charge in [0.1, 0.15) is 0 Å². The minimum absolute atomic E-state index is 0. The molecule has 21 heavy (non-hydrogen) atoms. The van der Waals surface area contributed by atoms with Gasteiger partial charge in [0.2, 0.25) is 0 Å². The zero-order chi connectivity index (χ0) is 13.5. The molecular weight excluding hydrogens is 288 g/mol. The number of carbonyl (C=O) groups is 1. The largest absolute Gasteiger partial charge is 0.333 e. The summed E-state index contributed by atoms with van der Waals surface area (Å²) in [5.41, 5.74) is 1.50. The average molecular weight is 307 g/mol. The Morgan fingerprint density at radius 2 is 1.90 bits per heavy atom. The molecule has 2 bridgehead atoms. The first kappa shape index (κ1) is 14.4. The molecule has 3 aliphatic heterocycles. The van der Waals surface area contributed by atoms with E-state index in [2.05, 4.69) is 15.1 Å². The van der Waals surface area contributed by atoms with E-state index in [0.29, 0.717) is 11.7 Å². The lowest BCUT2D eigenvalue weighted by atomic mass is 10.0. The maximum atomic E-state index is 12.8. The zero-order valence-electron chi connectivity index (χ0n) is 11.8. The molecule has 3 aliphatic rings. The number of hydrogen-bond donors (Lipinski definition) is 1. The maximum absolute atomic E-state index is 12.8. The summed E-state index contributed by atoms with van der Waals surface area (Å²) in [4.78, 5) is 17.3. The molecule has 4 heterocycles. The van der Waals surface area contributed by atoms with E-state index < -0.39 is 0 Å². The van der Waals surface area contributed by atoms with E-state index in [4.69, 9.17) is 0 Å². The number of para-hydroxylation sites is 1. The van der Waals surface area contributed by atoms with Gasteiger partial charge in [-0.15, -0.1) is 12.4 Å². The van der Waals surface area contributed by atoms with Gasteiger partial charge < -0.3 is 9.80 Å². The molecule has 1 amide bonds. The summed E-state index contributed by atoms with van der Waals surface area (Å²) in [6.45, 7) is 4.06. The third-order valence-electron chi connectivity index (χ3n) is 4.59. The molecule has 0 unspecified atom stereocenters. The first-order valence-corrected chi connectivity index (χ1v) is 7.29. The molecule has 5 rings (SSSR count). The SMILES string of the molecule is Cl.O=C(c1n[nH]c2ccccc12)N1CCN2CCC1CC2. The van der Waals surface area contributed by atoms with Gasteiger partial charge in [0.25, 0.3) is 5.91 Å². The Labute approximate surface area is 129 Å². The summed E-state index contributed by atoms with van der Waals surface area (Å²) < 4.78 is 0. The number of nitrogens with one attached hydrogen (secondary N) is 1. The molecule has 6 heteroatoms. The van der Waals surface area contributed by atoms with Crippen molar-refractivity contribution in [2.24, 2.45) is 0 Å². The highest BCUT2D eigenvalue weighted by molar-refractivity contribution is 6.04. The monoisotopic (exact) mass is 306 g/mol. The van der Waals surface area contributed by atoms with Gasteiger partial charge in [-0.05, 0) is 18.9 Å². The van der Waals surface area contributed by atoms with Crippen LogP contribution in [-0.4, -0.2) is 58.1 Å². The van der Waals surface area contributed by atoms with E-state index >= 15 is 0 Å². The normalized spacial score (nSPS) is 24.7. The zero-order valence-corrected chi connectivity index (χ0v) is 12.6. The molecule has 0 saturated carbocycles. The van der Waals surface area contributed by atoms with Crippen LogP contribution >= 0.6 is 12.4 Å². The van der Waals surface area contributed by atoms with Crippen LogP contribution in [0.25, 0.3) is 10.9 Å². The van der Waals surface area contributed by atoms with Gasteiger partial charge in [-0.3, -0.25) is 9.89 Å². The van der Waals surface area contributed by atoms with E-state index in [0.717, 1.165) is 49.9 Å². The molecule has 0 radical (unpaired) electrons. The summed E-state index contributed by atoms with van der Waals surface area (Å²) in [5.74, 6) is 0.0798. The van der Waals surface area contributed by atoms with E-state index in [1.54, 1.807) is 0 Å². The molecule has 2 aromatic rings. The lowest BCUT2D eigenvalue weighted by Gasteiger charge is -2.31. The third kappa shape index (κ3) is 2.40. The van der Waals surface area contributed by atoms with Crippen molar-refractivity contribution in [2.45, 2.75) is 18.9 Å². The molecule has 3 fully saturated rings. The Balaban J connectivity index is 0.00000132.